The van der Waals surface area contributed by atoms with E-state index in [0.717, 1.165) is 27.5 Å². The molecule has 1 aromatic carbocycles. The first-order valence-corrected chi connectivity index (χ1v) is 7.77. The van der Waals surface area contributed by atoms with Gasteiger partial charge in [-0.15, -0.1) is 11.8 Å². The maximum Gasteiger partial charge on any atom is 0.117 e. The fourth-order valence-electron chi connectivity index (χ4n) is 2.79. The van der Waals surface area contributed by atoms with Crippen molar-refractivity contribution in [1.82, 2.24) is 9.97 Å². The first-order chi connectivity index (χ1) is 9.22. The Bertz CT molecular complexity index is 585. The van der Waals surface area contributed by atoms with Gasteiger partial charge in [0, 0.05) is 16.3 Å². The molecule has 1 aromatic heterocycles. The third-order valence-corrected chi connectivity index (χ3v) is 5.10. The van der Waals surface area contributed by atoms with Crippen LogP contribution in [0.15, 0.2) is 29.6 Å². The highest BCUT2D eigenvalue weighted by molar-refractivity contribution is 8.00. The third-order valence-electron chi connectivity index (χ3n) is 3.79. The molecule has 1 aliphatic rings. The molecule has 2 N–H and O–H groups in total. The summed E-state index contributed by atoms with van der Waals surface area (Å²) in [6, 6.07) is 5.89. The molecule has 2 aromatic rings. The topological polar surface area (TPSA) is 51.8 Å². The molecule has 100 valence electrons. The lowest BCUT2D eigenvalue weighted by molar-refractivity contribution is 0.394. The van der Waals surface area contributed by atoms with E-state index in [4.69, 9.17) is 5.73 Å². The van der Waals surface area contributed by atoms with E-state index in [1.54, 1.807) is 6.33 Å². The minimum Gasteiger partial charge on any atom is -0.399 e. The van der Waals surface area contributed by atoms with E-state index in [1.807, 2.05) is 30.0 Å². The lowest BCUT2D eigenvalue weighted by Crippen LogP contribution is -2.15. The summed E-state index contributed by atoms with van der Waals surface area (Å²) in [5, 5.41) is 2.92. The molecule has 0 spiro atoms. The largest absolute Gasteiger partial charge is 0.399 e. The SMILES string of the molecule is CC1CCCC(Sc2ncnc3cc(N)ccc23)C1. The van der Waals surface area contributed by atoms with Crippen LogP contribution in [-0.4, -0.2) is 15.2 Å². The molecule has 1 heterocycles. The molecule has 0 bridgehead atoms. The Balaban J connectivity index is 1.88. The van der Waals surface area contributed by atoms with E-state index >= 15 is 0 Å². The third kappa shape index (κ3) is 2.84. The Morgan fingerprint density at radius 3 is 3.00 bits per heavy atom. The van der Waals surface area contributed by atoms with Gasteiger partial charge in [-0.3, -0.25) is 0 Å². The maximum atomic E-state index is 5.81. The fraction of sp³-hybridized carbons (Fsp3) is 0.467. The van der Waals surface area contributed by atoms with Crippen LogP contribution in [0, 0.1) is 5.92 Å². The minimum atomic E-state index is 0.694. The summed E-state index contributed by atoms with van der Waals surface area (Å²) in [7, 11) is 0. The number of fused-ring (bicyclic) bond motifs is 1. The molecule has 0 aliphatic heterocycles. The maximum absolute atomic E-state index is 5.81. The number of nitrogen functional groups attached to an aromatic ring is 1. The van der Waals surface area contributed by atoms with Gasteiger partial charge in [-0.25, -0.2) is 9.97 Å². The Hall–Kier alpha value is -1.29. The molecule has 0 amide bonds. The van der Waals surface area contributed by atoms with Gasteiger partial charge in [0.2, 0.25) is 0 Å². The van der Waals surface area contributed by atoms with Crippen molar-refractivity contribution in [2.24, 2.45) is 5.92 Å². The standard InChI is InChI=1S/C15H19N3S/c1-10-3-2-4-12(7-10)19-15-13-6-5-11(16)8-14(13)17-9-18-15/h5-6,8-10,12H,2-4,7,16H2,1H3. The van der Waals surface area contributed by atoms with Crippen LogP contribution in [-0.2, 0) is 0 Å². The van der Waals surface area contributed by atoms with Crippen LogP contribution >= 0.6 is 11.8 Å². The number of nitrogens with two attached hydrogens (primary N) is 1. The molecule has 1 fully saturated rings. The molecule has 1 saturated carbocycles. The van der Waals surface area contributed by atoms with Gasteiger partial charge < -0.3 is 5.73 Å². The highest BCUT2D eigenvalue weighted by Gasteiger charge is 2.21. The van der Waals surface area contributed by atoms with E-state index in [-0.39, 0.29) is 0 Å². The lowest BCUT2D eigenvalue weighted by atomic mass is 9.91. The predicted molar refractivity (Wildman–Crippen MR) is 81.2 cm³/mol. The molecule has 2 atom stereocenters. The second-order valence-corrected chi connectivity index (χ2v) is 6.76. The summed E-state index contributed by atoms with van der Waals surface area (Å²) in [5.41, 5.74) is 7.51. The molecular weight excluding hydrogens is 254 g/mol. The number of benzene rings is 1. The Morgan fingerprint density at radius 2 is 2.16 bits per heavy atom. The monoisotopic (exact) mass is 273 g/mol. The molecule has 19 heavy (non-hydrogen) atoms. The predicted octanol–water partition coefficient (Wildman–Crippen LogP) is 3.88. The van der Waals surface area contributed by atoms with Crippen molar-refractivity contribution in [2.45, 2.75) is 42.9 Å². The van der Waals surface area contributed by atoms with Crippen molar-refractivity contribution in [3.8, 4) is 0 Å². The van der Waals surface area contributed by atoms with Crippen LogP contribution in [0.3, 0.4) is 0 Å². The quantitative estimate of drug-likeness (QED) is 0.666. The van der Waals surface area contributed by atoms with Gasteiger partial charge in [0.25, 0.3) is 0 Å². The van der Waals surface area contributed by atoms with Crippen molar-refractivity contribution in [1.29, 1.82) is 0 Å². The summed E-state index contributed by atoms with van der Waals surface area (Å²) < 4.78 is 0. The van der Waals surface area contributed by atoms with Gasteiger partial charge in [0.05, 0.1) is 5.52 Å². The minimum absolute atomic E-state index is 0.694. The highest BCUT2D eigenvalue weighted by atomic mass is 32.2. The van der Waals surface area contributed by atoms with Crippen molar-refractivity contribution in [3.63, 3.8) is 0 Å². The molecule has 3 rings (SSSR count). The Kier molecular flexibility index (Phi) is 3.60. The van der Waals surface area contributed by atoms with Crippen molar-refractivity contribution in [3.05, 3.63) is 24.5 Å². The van der Waals surface area contributed by atoms with Gasteiger partial charge in [0.1, 0.15) is 11.4 Å². The number of aromatic nitrogens is 2. The molecule has 0 radical (unpaired) electrons. The number of rotatable bonds is 2. The van der Waals surface area contributed by atoms with E-state index < -0.39 is 0 Å². The summed E-state index contributed by atoms with van der Waals surface area (Å²) in [6.07, 6.45) is 6.96. The van der Waals surface area contributed by atoms with Gasteiger partial charge in [-0.2, -0.15) is 0 Å². The van der Waals surface area contributed by atoms with Crippen LogP contribution in [0.2, 0.25) is 0 Å². The van der Waals surface area contributed by atoms with Crippen molar-refractivity contribution in [2.75, 3.05) is 5.73 Å². The fourth-order valence-corrected chi connectivity index (χ4v) is 4.22. The molecule has 3 nitrogen and oxygen atoms in total. The Labute approximate surface area is 118 Å². The van der Waals surface area contributed by atoms with Crippen LogP contribution < -0.4 is 5.73 Å². The summed E-state index contributed by atoms with van der Waals surface area (Å²) in [5.74, 6) is 0.843. The molecule has 2 unspecified atom stereocenters. The normalized spacial score (nSPS) is 23.6. The number of hydrogen-bond acceptors (Lipinski definition) is 4. The molecular formula is C15H19N3S. The zero-order valence-corrected chi connectivity index (χ0v) is 12.0. The summed E-state index contributed by atoms with van der Waals surface area (Å²) in [6.45, 7) is 2.35. The van der Waals surface area contributed by atoms with E-state index in [0.29, 0.717) is 5.25 Å². The molecule has 1 aliphatic carbocycles. The van der Waals surface area contributed by atoms with Gasteiger partial charge >= 0.3 is 0 Å². The van der Waals surface area contributed by atoms with Crippen LogP contribution in [0.25, 0.3) is 10.9 Å². The van der Waals surface area contributed by atoms with Crippen LogP contribution in [0.4, 0.5) is 5.69 Å². The number of thioether (sulfide) groups is 1. The van der Waals surface area contributed by atoms with Crippen molar-refractivity contribution < 1.29 is 0 Å². The Morgan fingerprint density at radius 1 is 1.26 bits per heavy atom. The van der Waals surface area contributed by atoms with E-state index in [1.165, 1.54) is 25.7 Å². The number of nitrogens with zero attached hydrogens (tertiary/aromatic N) is 2. The van der Waals surface area contributed by atoms with Crippen LogP contribution in [0.5, 0.6) is 0 Å². The first kappa shape index (κ1) is 12.7. The van der Waals surface area contributed by atoms with Crippen molar-refractivity contribution >= 4 is 28.4 Å². The molecule has 0 saturated heterocycles. The van der Waals surface area contributed by atoms with Gasteiger partial charge in [-0.05, 0) is 37.0 Å². The average Bonchev–Trinajstić information content (AvgIpc) is 2.38. The average molecular weight is 273 g/mol. The second kappa shape index (κ2) is 5.37. The zero-order valence-electron chi connectivity index (χ0n) is 11.2. The van der Waals surface area contributed by atoms with E-state index in [2.05, 4.69) is 16.9 Å². The summed E-state index contributed by atoms with van der Waals surface area (Å²) >= 11 is 1.91. The van der Waals surface area contributed by atoms with Gasteiger partial charge in [-0.1, -0.05) is 19.8 Å². The highest BCUT2D eigenvalue weighted by Crippen LogP contribution is 2.37. The van der Waals surface area contributed by atoms with Gasteiger partial charge in [0.15, 0.2) is 0 Å². The zero-order chi connectivity index (χ0) is 13.2. The number of anilines is 1. The second-order valence-electron chi connectivity index (χ2n) is 5.47. The smallest absolute Gasteiger partial charge is 0.117 e. The van der Waals surface area contributed by atoms with Crippen LogP contribution in [0.1, 0.15) is 32.6 Å². The molecule has 4 heteroatoms. The first-order valence-electron chi connectivity index (χ1n) is 6.89. The van der Waals surface area contributed by atoms with E-state index in [9.17, 15) is 0 Å². The lowest BCUT2D eigenvalue weighted by Gasteiger charge is -2.26. The number of hydrogen-bond donors (Lipinski definition) is 1. The summed E-state index contributed by atoms with van der Waals surface area (Å²) in [4.78, 5) is 8.77.